The third-order valence-electron chi connectivity index (χ3n) is 4.36. The van der Waals surface area contributed by atoms with Gasteiger partial charge in [0.1, 0.15) is 6.61 Å². The zero-order valence-corrected chi connectivity index (χ0v) is 14.0. The normalized spacial score (nSPS) is 22.3. The van der Waals surface area contributed by atoms with Gasteiger partial charge in [-0.15, -0.1) is 0 Å². The molecule has 1 aromatic carbocycles. The molecule has 1 aliphatic heterocycles. The number of nitrogens with zero attached hydrogens (tertiary/aromatic N) is 1. The number of carbonyl (C=O) groups is 3. The second-order valence-electron chi connectivity index (χ2n) is 5.72. The van der Waals surface area contributed by atoms with E-state index in [1.54, 1.807) is 6.92 Å². The van der Waals surface area contributed by atoms with Gasteiger partial charge in [-0.05, 0) is 5.56 Å². The van der Waals surface area contributed by atoms with Crippen LogP contribution in [-0.2, 0) is 30.4 Å². The first-order valence-electron chi connectivity index (χ1n) is 7.59. The molecule has 2 atom stereocenters. The Morgan fingerprint density at radius 3 is 2.38 bits per heavy atom. The van der Waals surface area contributed by atoms with Crippen LogP contribution in [0.1, 0.15) is 18.9 Å². The van der Waals surface area contributed by atoms with E-state index in [0.29, 0.717) is 6.54 Å². The summed E-state index contributed by atoms with van der Waals surface area (Å²) < 4.78 is 14.7. The molecule has 0 N–H and O–H groups in total. The Kier molecular flexibility index (Phi) is 5.43. The molecule has 7 heteroatoms. The molecule has 0 aromatic heterocycles. The van der Waals surface area contributed by atoms with Crippen LogP contribution in [0.3, 0.4) is 0 Å². The molecule has 1 aromatic rings. The van der Waals surface area contributed by atoms with Gasteiger partial charge >= 0.3 is 18.0 Å². The van der Waals surface area contributed by atoms with Crippen LogP contribution in [0, 0.1) is 5.92 Å². The molecule has 1 heterocycles. The second-order valence-corrected chi connectivity index (χ2v) is 5.72. The van der Waals surface area contributed by atoms with Gasteiger partial charge in [-0.3, -0.25) is 9.69 Å². The molecule has 1 aliphatic rings. The summed E-state index contributed by atoms with van der Waals surface area (Å²) >= 11 is 0. The van der Waals surface area contributed by atoms with Gasteiger partial charge in [-0.2, -0.15) is 0 Å². The van der Waals surface area contributed by atoms with E-state index in [4.69, 9.17) is 9.47 Å². The first-order valence-corrected chi connectivity index (χ1v) is 7.59. The Morgan fingerprint density at radius 2 is 1.83 bits per heavy atom. The molecule has 0 saturated carbocycles. The maximum atomic E-state index is 12.4. The van der Waals surface area contributed by atoms with E-state index in [0.717, 1.165) is 5.56 Å². The number of ether oxygens (including phenoxy) is 3. The topological polar surface area (TPSA) is 82.1 Å². The zero-order valence-electron chi connectivity index (χ0n) is 14.0. The molecule has 1 amide bonds. The van der Waals surface area contributed by atoms with Crippen molar-refractivity contribution in [1.82, 2.24) is 4.90 Å². The van der Waals surface area contributed by atoms with Gasteiger partial charge in [-0.25, -0.2) is 9.59 Å². The summed E-state index contributed by atoms with van der Waals surface area (Å²) in [7, 11) is 2.45. The maximum absolute atomic E-state index is 12.4. The Bertz CT molecular complexity index is 617. The summed E-state index contributed by atoms with van der Waals surface area (Å²) in [6.07, 6.45) is -0.927. The minimum absolute atomic E-state index is 0.0834. The van der Waals surface area contributed by atoms with Gasteiger partial charge in [0.2, 0.25) is 0 Å². The van der Waals surface area contributed by atoms with Crippen LogP contribution in [0.5, 0.6) is 0 Å². The molecule has 2 rings (SSSR count). The van der Waals surface area contributed by atoms with E-state index in [9.17, 15) is 14.4 Å². The fourth-order valence-corrected chi connectivity index (χ4v) is 2.90. The second kappa shape index (κ2) is 7.33. The lowest BCUT2D eigenvalue weighted by atomic mass is 9.72. The van der Waals surface area contributed by atoms with Gasteiger partial charge in [0, 0.05) is 12.5 Å². The van der Waals surface area contributed by atoms with Crippen LogP contribution in [0.25, 0.3) is 0 Å². The molecule has 0 spiro atoms. The standard InChI is InChI=1S/C17H21NO6/c1-12-10-18(16(21)24-11-13-7-5-4-6-8-13)17(12,15(20)23-3)9-14(19)22-2/h4-8,12H,9-11H2,1-3H3/t12-,17+/m0/s1. The Labute approximate surface area is 140 Å². The van der Waals surface area contributed by atoms with Gasteiger partial charge < -0.3 is 14.2 Å². The first-order chi connectivity index (χ1) is 11.5. The largest absolute Gasteiger partial charge is 0.469 e. The molecule has 130 valence electrons. The molecule has 1 fully saturated rings. The average molecular weight is 335 g/mol. The van der Waals surface area contributed by atoms with Crippen molar-refractivity contribution in [3.05, 3.63) is 35.9 Å². The van der Waals surface area contributed by atoms with E-state index in [1.165, 1.54) is 19.1 Å². The number of methoxy groups -OCH3 is 2. The molecular formula is C17H21NO6. The number of hydrogen-bond donors (Lipinski definition) is 0. The molecule has 0 aliphatic carbocycles. The van der Waals surface area contributed by atoms with E-state index in [2.05, 4.69) is 4.74 Å². The predicted molar refractivity (Wildman–Crippen MR) is 83.9 cm³/mol. The third-order valence-corrected chi connectivity index (χ3v) is 4.36. The number of likely N-dealkylation sites (tertiary alicyclic amines) is 1. The number of benzene rings is 1. The van der Waals surface area contributed by atoms with Crippen LogP contribution in [0.4, 0.5) is 4.79 Å². The smallest absolute Gasteiger partial charge is 0.411 e. The summed E-state index contributed by atoms with van der Waals surface area (Å²) in [4.78, 5) is 37.6. The lowest BCUT2D eigenvalue weighted by Crippen LogP contribution is -2.73. The SMILES string of the molecule is COC(=O)C[C@]1(C(=O)OC)[C@@H](C)CN1C(=O)OCc1ccccc1. The van der Waals surface area contributed by atoms with Gasteiger partial charge in [0.25, 0.3) is 0 Å². The van der Waals surface area contributed by atoms with Crippen molar-refractivity contribution in [3.8, 4) is 0 Å². The number of amides is 1. The van der Waals surface area contributed by atoms with Gasteiger partial charge in [-0.1, -0.05) is 37.3 Å². The number of hydrogen-bond acceptors (Lipinski definition) is 6. The van der Waals surface area contributed by atoms with Crippen molar-refractivity contribution in [2.45, 2.75) is 25.5 Å². The maximum Gasteiger partial charge on any atom is 0.411 e. The minimum atomic E-state index is -1.38. The number of esters is 2. The fourth-order valence-electron chi connectivity index (χ4n) is 2.90. The van der Waals surface area contributed by atoms with Crippen molar-refractivity contribution in [1.29, 1.82) is 0 Å². The number of carbonyl (C=O) groups excluding carboxylic acids is 3. The zero-order chi connectivity index (χ0) is 17.7. The Hall–Kier alpha value is -2.57. The van der Waals surface area contributed by atoms with E-state index in [1.807, 2.05) is 30.3 Å². The molecule has 24 heavy (non-hydrogen) atoms. The minimum Gasteiger partial charge on any atom is -0.469 e. The van der Waals surface area contributed by atoms with Crippen molar-refractivity contribution in [2.75, 3.05) is 20.8 Å². The summed E-state index contributed by atoms with van der Waals surface area (Å²) in [5.74, 6) is -1.48. The lowest BCUT2D eigenvalue weighted by molar-refractivity contribution is -0.178. The highest BCUT2D eigenvalue weighted by molar-refractivity contribution is 5.92. The monoisotopic (exact) mass is 335 g/mol. The Morgan fingerprint density at radius 1 is 1.17 bits per heavy atom. The van der Waals surface area contributed by atoms with Crippen LogP contribution in [-0.4, -0.2) is 49.2 Å². The van der Waals surface area contributed by atoms with E-state index >= 15 is 0 Å². The third kappa shape index (κ3) is 3.20. The predicted octanol–water partition coefficient (Wildman–Crippen LogP) is 1.75. The first kappa shape index (κ1) is 17.8. The summed E-state index contributed by atoms with van der Waals surface area (Å²) in [6.45, 7) is 2.17. The van der Waals surface area contributed by atoms with Crippen molar-refractivity contribution in [3.63, 3.8) is 0 Å². The van der Waals surface area contributed by atoms with Crippen molar-refractivity contribution >= 4 is 18.0 Å². The number of rotatable bonds is 5. The lowest BCUT2D eigenvalue weighted by Gasteiger charge is -2.53. The molecule has 0 bridgehead atoms. The summed E-state index contributed by atoms with van der Waals surface area (Å²) in [5, 5.41) is 0. The molecule has 7 nitrogen and oxygen atoms in total. The quantitative estimate of drug-likeness (QED) is 0.602. The molecule has 0 unspecified atom stereocenters. The molecule has 0 radical (unpaired) electrons. The van der Waals surface area contributed by atoms with Crippen molar-refractivity contribution in [2.24, 2.45) is 5.92 Å². The van der Waals surface area contributed by atoms with E-state index in [-0.39, 0.29) is 18.9 Å². The van der Waals surface area contributed by atoms with Gasteiger partial charge in [0.05, 0.1) is 20.6 Å². The molecule has 1 saturated heterocycles. The highest BCUT2D eigenvalue weighted by atomic mass is 16.6. The van der Waals surface area contributed by atoms with Crippen LogP contribution in [0.2, 0.25) is 0 Å². The van der Waals surface area contributed by atoms with Crippen LogP contribution in [0.15, 0.2) is 30.3 Å². The van der Waals surface area contributed by atoms with Crippen LogP contribution < -0.4 is 0 Å². The summed E-state index contributed by atoms with van der Waals surface area (Å²) in [5.41, 5.74) is -0.550. The fraction of sp³-hybridized carbons (Fsp3) is 0.471. The van der Waals surface area contributed by atoms with Crippen molar-refractivity contribution < 1.29 is 28.6 Å². The Balaban J connectivity index is 2.13. The highest BCUT2D eigenvalue weighted by Crippen LogP contribution is 2.41. The highest BCUT2D eigenvalue weighted by Gasteiger charge is 2.61. The van der Waals surface area contributed by atoms with Crippen LogP contribution >= 0.6 is 0 Å². The van der Waals surface area contributed by atoms with E-state index < -0.39 is 23.6 Å². The van der Waals surface area contributed by atoms with Gasteiger partial charge in [0.15, 0.2) is 5.54 Å². The molecular weight excluding hydrogens is 314 g/mol. The summed E-state index contributed by atoms with van der Waals surface area (Å²) in [6, 6.07) is 9.19. The average Bonchev–Trinajstić information content (AvgIpc) is 2.61.